The van der Waals surface area contributed by atoms with Crippen LogP contribution in [0.2, 0.25) is 0 Å². The van der Waals surface area contributed by atoms with Crippen LogP contribution < -0.4 is 5.32 Å². The van der Waals surface area contributed by atoms with E-state index < -0.39 is 0 Å². The number of aryl methyl sites for hydroxylation is 2. The zero-order chi connectivity index (χ0) is 11.8. The van der Waals surface area contributed by atoms with Crippen molar-refractivity contribution < 1.29 is 0 Å². The Kier molecular flexibility index (Phi) is 5.86. The summed E-state index contributed by atoms with van der Waals surface area (Å²) in [4.78, 5) is 0. The second-order valence-electron chi connectivity index (χ2n) is 4.36. The third-order valence-electron chi connectivity index (χ3n) is 2.62. The van der Waals surface area contributed by atoms with Gasteiger partial charge in [0.1, 0.15) is 0 Å². The van der Waals surface area contributed by atoms with Gasteiger partial charge in [-0.05, 0) is 45.2 Å². The SMILES string of the molecule is C=CCCC(C)NCCCn1cc(C)cn1. The average Bonchev–Trinajstić information content (AvgIpc) is 2.67. The molecule has 0 spiro atoms. The van der Waals surface area contributed by atoms with Crippen molar-refractivity contribution in [2.24, 2.45) is 0 Å². The summed E-state index contributed by atoms with van der Waals surface area (Å²) in [7, 11) is 0. The van der Waals surface area contributed by atoms with Crippen LogP contribution in [-0.2, 0) is 6.54 Å². The fraction of sp³-hybridized carbons (Fsp3) is 0.615. The maximum absolute atomic E-state index is 4.26. The van der Waals surface area contributed by atoms with Gasteiger partial charge in [0.15, 0.2) is 0 Å². The second kappa shape index (κ2) is 7.23. The normalized spacial score (nSPS) is 12.6. The van der Waals surface area contributed by atoms with Crippen LogP contribution in [-0.4, -0.2) is 22.4 Å². The van der Waals surface area contributed by atoms with E-state index in [0.29, 0.717) is 6.04 Å². The van der Waals surface area contributed by atoms with E-state index in [-0.39, 0.29) is 0 Å². The molecule has 0 fully saturated rings. The Labute approximate surface area is 98.5 Å². The highest BCUT2D eigenvalue weighted by molar-refractivity contribution is 4.99. The van der Waals surface area contributed by atoms with Crippen LogP contribution in [0.25, 0.3) is 0 Å². The highest BCUT2D eigenvalue weighted by Gasteiger charge is 1.99. The highest BCUT2D eigenvalue weighted by atomic mass is 15.3. The first-order valence-corrected chi connectivity index (χ1v) is 6.05. The van der Waals surface area contributed by atoms with Gasteiger partial charge in [-0.2, -0.15) is 5.10 Å². The van der Waals surface area contributed by atoms with Gasteiger partial charge in [0, 0.05) is 18.8 Å². The summed E-state index contributed by atoms with van der Waals surface area (Å²) < 4.78 is 2.01. The molecular formula is C13H23N3. The lowest BCUT2D eigenvalue weighted by molar-refractivity contribution is 0.480. The van der Waals surface area contributed by atoms with Crippen molar-refractivity contribution in [1.82, 2.24) is 15.1 Å². The molecule has 16 heavy (non-hydrogen) atoms. The zero-order valence-electron chi connectivity index (χ0n) is 10.4. The van der Waals surface area contributed by atoms with Crippen LogP contribution in [0.15, 0.2) is 25.0 Å². The van der Waals surface area contributed by atoms with Gasteiger partial charge in [-0.3, -0.25) is 4.68 Å². The van der Waals surface area contributed by atoms with E-state index in [1.54, 1.807) is 0 Å². The monoisotopic (exact) mass is 221 g/mol. The van der Waals surface area contributed by atoms with Gasteiger partial charge in [0.05, 0.1) is 6.20 Å². The zero-order valence-corrected chi connectivity index (χ0v) is 10.4. The molecule has 0 radical (unpaired) electrons. The third kappa shape index (κ3) is 5.12. The first kappa shape index (κ1) is 13.0. The van der Waals surface area contributed by atoms with Crippen molar-refractivity contribution in [3.05, 3.63) is 30.6 Å². The minimum atomic E-state index is 0.581. The Bertz CT molecular complexity index is 304. The van der Waals surface area contributed by atoms with E-state index in [0.717, 1.165) is 25.9 Å². The molecule has 0 aliphatic heterocycles. The van der Waals surface area contributed by atoms with Crippen LogP contribution in [0.3, 0.4) is 0 Å². The van der Waals surface area contributed by atoms with Crippen LogP contribution in [0.1, 0.15) is 31.7 Å². The Hall–Kier alpha value is -1.09. The first-order valence-electron chi connectivity index (χ1n) is 6.05. The van der Waals surface area contributed by atoms with E-state index in [9.17, 15) is 0 Å². The average molecular weight is 221 g/mol. The second-order valence-corrected chi connectivity index (χ2v) is 4.36. The minimum Gasteiger partial charge on any atom is -0.314 e. The molecule has 1 atom stereocenters. The van der Waals surface area contributed by atoms with Crippen LogP contribution in [0.5, 0.6) is 0 Å². The van der Waals surface area contributed by atoms with Gasteiger partial charge in [0.25, 0.3) is 0 Å². The van der Waals surface area contributed by atoms with Gasteiger partial charge in [-0.25, -0.2) is 0 Å². The minimum absolute atomic E-state index is 0.581. The Morgan fingerprint density at radius 3 is 3.06 bits per heavy atom. The van der Waals surface area contributed by atoms with E-state index >= 15 is 0 Å². The van der Waals surface area contributed by atoms with Crippen LogP contribution in [0.4, 0.5) is 0 Å². The van der Waals surface area contributed by atoms with E-state index in [1.807, 2.05) is 17.0 Å². The van der Waals surface area contributed by atoms with Crippen molar-refractivity contribution in [2.45, 2.75) is 45.7 Å². The maximum Gasteiger partial charge on any atom is 0.0518 e. The molecular weight excluding hydrogens is 198 g/mol. The molecule has 0 aliphatic rings. The molecule has 0 aromatic carbocycles. The summed E-state index contributed by atoms with van der Waals surface area (Å²) in [5.74, 6) is 0. The molecule has 1 rings (SSSR count). The topological polar surface area (TPSA) is 29.9 Å². The molecule has 1 aromatic heterocycles. The molecule has 1 heterocycles. The highest BCUT2D eigenvalue weighted by Crippen LogP contribution is 1.98. The molecule has 1 unspecified atom stereocenters. The molecule has 0 bridgehead atoms. The van der Waals surface area contributed by atoms with Crippen molar-refractivity contribution in [2.75, 3.05) is 6.54 Å². The molecule has 0 saturated heterocycles. The molecule has 3 heteroatoms. The molecule has 0 aliphatic carbocycles. The van der Waals surface area contributed by atoms with Gasteiger partial charge >= 0.3 is 0 Å². The number of allylic oxidation sites excluding steroid dienone is 1. The lowest BCUT2D eigenvalue weighted by Crippen LogP contribution is -2.27. The Balaban J connectivity index is 2.05. The summed E-state index contributed by atoms with van der Waals surface area (Å²) in [5.41, 5.74) is 1.23. The van der Waals surface area contributed by atoms with Crippen molar-refractivity contribution >= 4 is 0 Å². The van der Waals surface area contributed by atoms with Gasteiger partial charge in [0.2, 0.25) is 0 Å². The summed E-state index contributed by atoms with van der Waals surface area (Å²) in [5, 5.41) is 7.76. The Morgan fingerprint density at radius 2 is 2.44 bits per heavy atom. The first-order chi connectivity index (χ1) is 7.72. The van der Waals surface area contributed by atoms with Gasteiger partial charge in [-0.1, -0.05) is 6.08 Å². The fourth-order valence-electron chi connectivity index (χ4n) is 1.65. The number of nitrogens with one attached hydrogen (secondary N) is 1. The summed E-state index contributed by atoms with van der Waals surface area (Å²) in [6.07, 6.45) is 9.35. The molecule has 0 amide bonds. The molecule has 90 valence electrons. The summed E-state index contributed by atoms with van der Waals surface area (Å²) >= 11 is 0. The molecule has 3 nitrogen and oxygen atoms in total. The van der Waals surface area contributed by atoms with Crippen molar-refractivity contribution in [3.63, 3.8) is 0 Å². The number of hydrogen-bond acceptors (Lipinski definition) is 2. The predicted octanol–water partition coefficient (Wildman–Crippen LogP) is 2.53. The standard InChI is InChI=1S/C13H23N3/c1-4-5-7-13(3)14-8-6-9-16-11-12(2)10-15-16/h4,10-11,13-14H,1,5-9H2,2-3H3. The fourth-order valence-corrected chi connectivity index (χ4v) is 1.65. The van der Waals surface area contributed by atoms with Crippen molar-refractivity contribution in [3.8, 4) is 0 Å². The number of nitrogens with zero attached hydrogens (tertiary/aromatic N) is 2. The molecule has 0 saturated carbocycles. The molecule has 1 N–H and O–H groups in total. The lowest BCUT2D eigenvalue weighted by Gasteiger charge is -2.12. The van der Waals surface area contributed by atoms with Gasteiger partial charge in [-0.15, -0.1) is 6.58 Å². The molecule has 1 aromatic rings. The number of rotatable bonds is 8. The van der Waals surface area contributed by atoms with E-state index in [2.05, 4.69) is 37.0 Å². The lowest BCUT2D eigenvalue weighted by atomic mass is 10.2. The van der Waals surface area contributed by atoms with E-state index in [1.165, 1.54) is 12.0 Å². The van der Waals surface area contributed by atoms with Crippen LogP contribution in [0, 0.1) is 6.92 Å². The maximum atomic E-state index is 4.26. The third-order valence-corrected chi connectivity index (χ3v) is 2.62. The van der Waals surface area contributed by atoms with Crippen LogP contribution >= 0.6 is 0 Å². The summed E-state index contributed by atoms with van der Waals surface area (Å²) in [6, 6.07) is 0.581. The predicted molar refractivity (Wildman–Crippen MR) is 68.5 cm³/mol. The quantitative estimate of drug-likeness (QED) is 0.540. The smallest absolute Gasteiger partial charge is 0.0518 e. The number of aromatic nitrogens is 2. The summed E-state index contributed by atoms with van der Waals surface area (Å²) in [6.45, 7) is 10.1. The Morgan fingerprint density at radius 1 is 1.62 bits per heavy atom. The largest absolute Gasteiger partial charge is 0.314 e. The van der Waals surface area contributed by atoms with Gasteiger partial charge < -0.3 is 5.32 Å². The number of hydrogen-bond donors (Lipinski definition) is 1. The van der Waals surface area contributed by atoms with Crippen molar-refractivity contribution in [1.29, 1.82) is 0 Å². The van der Waals surface area contributed by atoms with E-state index in [4.69, 9.17) is 0 Å².